The van der Waals surface area contributed by atoms with Gasteiger partial charge in [-0.15, -0.1) is 0 Å². The molecule has 0 bridgehead atoms. The summed E-state index contributed by atoms with van der Waals surface area (Å²) in [5, 5.41) is 28.0. The van der Waals surface area contributed by atoms with Crippen molar-refractivity contribution >= 4 is 17.6 Å². The third-order valence-corrected chi connectivity index (χ3v) is 2.34. The summed E-state index contributed by atoms with van der Waals surface area (Å²) in [7, 11) is 0. The molecule has 0 aliphatic heterocycles. The van der Waals surface area contributed by atoms with Crippen molar-refractivity contribution < 1.29 is 29.1 Å². The highest BCUT2D eigenvalue weighted by atomic mass is 19.1. The Morgan fingerprint density at radius 2 is 1.83 bits per heavy atom. The van der Waals surface area contributed by atoms with Gasteiger partial charge in [-0.25, -0.2) is 0 Å². The smallest absolute Gasteiger partial charge is 0.322 e. The van der Waals surface area contributed by atoms with Gasteiger partial charge in [0.05, 0.1) is 4.92 Å². The number of hydrogen-bond acceptors (Lipinski definition) is 4. The van der Waals surface area contributed by atoms with Crippen LogP contribution in [0.3, 0.4) is 0 Å². The molecule has 0 aliphatic rings. The molecule has 0 fully saturated rings. The van der Waals surface area contributed by atoms with Gasteiger partial charge in [0.25, 0.3) is 0 Å². The lowest BCUT2D eigenvalue weighted by Gasteiger charge is -2.11. The van der Waals surface area contributed by atoms with Crippen LogP contribution in [0.5, 0.6) is 0 Å². The summed E-state index contributed by atoms with van der Waals surface area (Å²) in [5.74, 6) is -6.56. The molecule has 0 atom stereocenters. The van der Waals surface area contributed by atoms with Gasteiger partial charge in [0.1, 0.15) is 0 Å². The summed E-state index contributed by atoms with van der Waals surface area (Å²) in [6, 6.07) is 1.38. The van der Waals surface area contributed by atoms with E-state index < -0.39 is 34.3 Å². The van der Waals surface area contributed by atoms with Crippen LogP contribution < -0.4 is 0 Å². The monoisotopic (exact) mass is 257 g/mol. The first-order chi connectivity index (χ1) is 8.25. The van der Waals surface area contributed by atoms with Crippen molar-refractivity contribution in [3.63, 3.8) is 0 Å². The first-order valence-corrected chi connectivity index (χ1v) is 4.65. The first-order valence-electron chi connectivity index (χ1n) is 4.65. The van der Waals surface area contributed by atoms with Gasteiger partial charge in [-0.1, -0.05) is 0 Å². The molecule has 96 valence electrons. The Bertz CT molecular complexity index is 527. The molecular formula is C10H8FNO6. The minimum Gasteiger partial charge on any atom is -0.480 e. The van der Waals surface area contributed by atoms with E-state index in [1.807, 2.05) is 0 Å². The second-order valence-electron chi connectivity index (χ2n) is 3.53. The van der Waals surface area contributed by atoms with Crippen molar-refractivity contribution in [1.82, 2.24) is 0 Å². The minimum absolute atomic E-state index is 0.0258. The zero-order valence-electron chi connectivity index (χ0n) is 9.08. The van der Waals surface area contributed by atoms with E-state index in [4.69, 9.17) is 10.2 Å². The van der Waals surface area contributed by atoms with Gasteiger partial charge in [0.15, 0.2) is 5.92 Å². The molecule has 0 amide bonds. The molecule has 8 heteroatoms. The topological polar surface area (TPSA) is 118 Å². The Balaban J connectivity index is 3.43. The second-order valence-corrected chi connectivity index (χ2v) is 3.53. The van der Waals surface area contributed by atoms with Gasteiger partial charge >= 0.3 is 17.6 Å². The number of halogens is 1. The van der Waals surface area contributed by atoms with E-state index in [-0.39, 0.29) is 11.1 Å². The number of benzene rings is 1. The fraction of sp³-hybridized carbons (Fsp3) is 0.200. The second kappa shape index (κ2) is 4.78. The molecule has 0 unspecified atom stereocenters. The van der Waals surface area contributed by atoms with Gasteiger partial charge in [0.2, 0.25) is 5.82 Å². The third-order valence-electron chi connectivity index (χ3n) is 2.34. The van der Waals surface area contributed by atoms with Crippen LogP contribution >= 0.6 is 0 Å². The fourth-order valence-corrected chi connectivity index (χ4v) is 1.50. The fourth-order valence-electron chi connectivity index (χ4n) is 1.50. The van der Waals surface area contributed by atoms with E-state index >= 15 is 0 Å². The Labute approximate surface area is 99.6 Å². The maximum Gasteiger partial charge on any atom is 0.322 e. The van der Waals surface area contributed by atoms with Gasteiger partial charge in [-0.2, -0.15) is 4.39 Å². The predicted octanol–water partition coefficient (Wildman–Crippen LogP) is 1.30. The summed E-state index contributed by atoms with van der Waals surface area (Å²) in [6.45, 7) is 1.28. The zero-order chi connectivity index (χ0) is 14.0. The number of nitro groups is 1. The lowest BCUT2D eigenvalue weighted by Crippen LogP contribution is -2.22. The number of hydrogen-bond donors (Lipinski definition) is 2. The summed E-state index contributed by atoms with van der Waals surface area (Å²) in [5.41, 5.74) is -1.12. The van der Waals surface area contributed by atoms with Crippen molar-refractivity contribution in [2.75, 3.05) is 0 Å². The maximum atomic E-state index is 13.3. The predicted molar refractivity (Wildman–Crippen MR) is 55.8 cm³/mol. The van der Waals surface area contributed by atoms with Crippen LogP contribution in [0.1, 0.15) is 17.0 Å². The van der Waals surface area contributed by atoms with Crippen LogP contribution in [-0.2, 0) is 9.59 Å². The van der Waals surface area contributed by atoms with Crippen LogP contribution in [-0.4, -0.2) is 27.1 Å². The zero-order valence-corrected chi connectivity index (χ0v) is 9.08. The molecule has 0 spiro atoms. The molecule has 0 heterocycles. The van der Waals surface area contributed by atoms with Crippen molar-refractivity contribution in [1.29, 1.82) is 0 Å². The van der Waals surface area contributed by atoms with Crippen LogP contribution in [0, 0.1) is 22.9 Å². The molecule has 2 N–H and O–H groups in total. The van der Waals surface area contributed by atoms with Gasteiger partial charge in [-0.05, 0) is 24.1 Å². The Hall–Kier alpha value is -2.51. The average Bonchev–Trinajstić information content (AvgIpc) is 2.21. The highest BCUT2D eigenvalue weighted by molar-refractivity contribution is 5.99. The van der Waals surface area contributed by atoms with Crippen LogP contribution in [0.4, 0.5) is 10.1 Å². The van der Waals surface area contributed by atoms with Crippen molar-refractivity contribution in [2.45, 2.75) is 12.8 Å². The van der Waals surface area contributed by atoms with Gasteiger partial charge in [-0.3, -0.25) is 19.7 Å². The maximum absolute atomic E-state index is 13.3. The quantitative estimate of drug-likeness (QED) is 0.476. The molecule has 0 saturated heterocycles. The van der Waals surface area contributed by atoms with E-state index in [2.05, 4.69) is 0 Å². The summed E-state index contributed by atoms with van der Waals surface area (Å²) in [4.78, 5) is 31.1. The summed E-state index contributed by atoms with van der Waals surface area (Å²) >= 11 is 0. The van der Waals surface area contributed by atoms with Crippen molar-refractivity contribution in [2.24, 2.45) is 0 Å². The Kier molecular flexibility index (Phi) is 3.60. The number of aryl methyl sites for hydroxylation is 1. The highest BCUT2D eigenvalue weighted by Crippen LogP contribution is 2.27. The van der Waals surface area contributed by atoms with Crippen LogP contribution in [0.2, 0.25) is 0 Å². The van der Waals surface area contributed by atoms with E-state index in [0.717, 1.165) is 6.07 Å². The standard InChI is InChI=1S/C10H8FNO6/c1-4-2-7(12(17)18)6(11)3-5(4)8(9(13)14)10(15)16/h2-3,8H,1H3,(H,13,14)(H,15,16). The Morgan fingerprint density at radius 1 is 1.33 bits per heavy atom. The van der Waals surface area contributed by atoms with Gasteiger partial charge in [0, 0.05) is 6.07 Å². The number of carboxylic acid groups (broad SMARTS) is 2. The normalized spacial score (nSPS) is 10.4. The minimum atomic E-state index is -1.96. The van der Waals surface area contributed by atoms with E-state index in [1.54, 1.807) is 0 Å². The number of carboxylic acids is 2. The number of carbonyl (C=O) groups is 2. The van der Waals surface area contributed by atoms with Crippen LogP contribution in [0.25, 0.3) is 0 Å². The molecule has 1 aromatic rings. The van der Waals surface area contributed by atoms with Crippen molar-refractivity contribution in [3.05, 3.63) is 39.2 Å². The Morgan fingerprint density at radius 3 is 2.22 bits per heavy atom. The summed E-state index contributed by atoms with van der Waals surface area (Å²) < 4.78 is 13.3. The average molecular weight is 257 g/mol. The van der Waals surface area contributed by atoms with Gasteiger partial charge < -0.3 is 10.2 Å². The molecule has 1 rings (SSSR count). The van der Waals surface area contributed by atoms with Crippen LogP contribution in [0.15, 0.2) is 12.1 Å². The van der Waals surface area contributed by atoms with Crippen molar-refractivity contribution in [3.8, 4) is 0 Å². The highest BCUT2D eigenvalue weighted by Gasteiger charge is 2.31. The number of nitro benzene ring substituents is 1. The third kappa shape index (κ3) is 2.42. The lowest BCUT2D eigenvalue weighted by atomic mass is 9.94. The van der Waals surface area contributed by atoms with E-state index in [1.165, 1.54) is 6.92 Å². The van der Waals surface area contributed by atoms with E-state index in [0.29, 0.717) is 6.07 Å². The number of aliphatic carboxylic acids is 2. The first kappa shape index (κ1) is 13.6. The molecular weight excluding hydrogens is 249 g/mol. The molecule has 1 aromatic carbocycles. The lowest BCUT2D eigenvalue weighted by molar-refractivity contribution is -0.387. The summed E-state index contributed by atoms with van der Waals surface area (Å²) in [6.07, 6.45) is 0. The molecule has 7 nitrogen and oxygen atoms in total. The number of rotatable bonds is 4. The molecule has 0 radical (unpaired) electrons. The van der Waals surface area contributed by atoms with E-state index in [9.17, 15) is 24.1 Å². The molecule has 18 heavy (non-hydrogen) atoms. The molecule has 0 aromatic heterocycles. The molecule has 0 saturated carbocycles. The SMILES string of the molecule is Cc1cc([N+](=O)[O-])c(F)cc1C(C(=O)O)C(=O)O. The molecule has 0 aliphatic carbocycles. The number of nitrogens with zero attached hydrogens (tertiary/aromatic N) is 1. The largest absolute Gasteiger partial charge is 0.480 e.